The van der Waals surface area contributed by atoms with Crippen LogP contribution < -0.4 is 5.32 Å². The Labute approximate surface area is 109 Å². The van der Waals surface area contributed by atoms with Gasteiger partial charge in [0.25, 0.3) is 0 Å². The normalized spacial score (nSPS) is 14.6. The summed E-state index contributed by atoms with van der Waals surface area (Å²) in [6, 6.07) is -0.164. The van der Waals surface area contributed by atoms with Gasteiger partial charge >= 0.3 is 0 Å². The van der Waals surface area contributed by atoms with Gasteiger partial charge in [0.1, 0.15) is 0 Å². The summed E-state index contributed by atoms with van der Waals surface area (Å²) in [6.45, 7) is 8.48. The Hall–Kier alpha value is 0.0700. The second-order valence-electron chi connectivity index (χ2n) is 4.41. The Morgan fingerprint density at radius 1 is 1.38 bits per heavy atom. The lowest BCUT2D eigenvalue weighted by Crippen LogP contribution is -2.34. The van der Waals surface area contributed by atoms with Crippen LogP contribution in [0.3, 0.4) is 0 Å². The Kier molecular flexibility index (Phi) is 8.24. The largest absolute Gasteiger partial charge is 0.309 e. The molecule has 0 saturated carbocycles. The van der Waals surface area contributed by atoms with E-state index in [-0.39, 0.29) is 11.2 Å². The van der Waals surface area contributed by atoms with Crippen molar-refractivity contribution in [1.29, 1.82) is 0 Å². The van der Waals surface area contributed by atoms with Crippen LogP contribution in [0, 0.1) is 11.8 Å². The van der Waals surface area contributed by atoms with Gasteiger partial charge in [0.05, 0.1) is 6.04 Å². The van der Waals surface area contributed by atoms with Crippen LogP contribution in [-0.4, -0.2) is 24.0 Å². The number of hydrogen-bond acceptors (Lipinski definition) is 4. The molecule has 1 N–H and O–H groups in total. The van der Waals surface area contributed by atoms with Crippen molar-refractivity contribution in [2.75, 3.05) is 12.8 Å². The number of nitrogens with one attached hydrogen (secondary N) is 1. The van der Waals surface area contributed by atoms with E-state index >= 15 is 0 Å². The second-order valence-corrected chi connectivity index (χ2v) is 5.86. The highest BCUT2D eigenvalue weighted by Crippen LogP contribution is 2.27. The first kappa shape index (κ1) is 16.1. The summed E-state index contributed by atoms with van der Waals surface area (Å²) in [5, 5.41) is 3.13. The number of thioether (sulfide) groups is 1. The van der Waals surface area contributed by atoms with E-state index in [1.165, 1.54) is 11.8 Å². The van der Waals surface area contributed by atoms with Gasteiger partial charge in [-0.05, 0) is 23.8 Å². The van der Waals surface area contributed by atoms with Crippen molar-refractivity contribution in [1.82, 2.24) is 5.32 Å². The summed E-state index contributed by atoms with van der Waals surface area (Å²) in [5.74, 6) is 1.41. The molecule has 0 bridgehead atoms. The zero-order chi connectivity index (χ0) is 12.7. The molecule has 4 heteroatoms. The van der Waals surface area contributed by atoms with Gasteiger partial charge in [-0.25, -0.2) is 0 Å². The minimum atomic E-state index is -0.164. The third-order valence-corrected chi connectivity index (χ3v) is 3.79. The first-order valence-electron chi connectivity index (χ1n) is 5.63. The lowest BCUT2D eigenvalue weighted by Gasteiger charge is -2.16. The molecule has 2 nitrogen and oxygen atoms in total. The third kappa shape index (κ3) is 5.97. The highest BCUT2D eigenvalue weighted by molar-refractivity contribution is 8.17. The summed E-state index contributed by atoms with van der Waals surface area (Å²) < 4.78 is 0. The van der Waals surface area contributed by atoms with Gasteiger partial charge in [-0.2, -0.15) is 12.6 Å². The Morgan fingerprint density at radius 2 is 1.94 bits per heavy atom. The quantitative estimate of drug-likeness (QED) is 0.720. The summed E-state index contributed by atoms with van der Waals surface area (Å²) in [5.41, 5.74) is 0. The van der Waals surface area contributed by atoms with E-state index in [1.54, 1.807) is 7.05 Å². The van der Waals surface area contributed by atoms with E-state index in [0.717, 1.165) is 4.91 Å². The third-order valence-electron chi connectivity index (χ3n) is 2.10. The molecule has 0 amide bonds. The lowest BCUT2D eigenvalue weighted by molar-refractivity contribution is -0.112. The minimum Gasteiger partial charge on any atom is -0.309 e. The topological polar surface area (TPSA) is 29.1 Å². The van der Waals surface area contributed by atoms with Crippen LogP contribution in [0.25, 0.3) is 0 Å². The van der Waals surface area contributed by atoms with Gasteiger partial charge in [0, 0.05) is 5.75 Å². The number of thiol groups is 1. The second kappa shape index (κ2) is 8.20. The number of allylic oxidation sites excluding steroid dienone is 2. The van der Waals surface area contributed by atoms with Gasteiger partial charge in [-0.1, -0.05) is 45.5 Å². The first-order chi connectivity index (χ1) is 7.42. The number of likely N-dealkylation sites (N-methyl/N-ethyl adjacent to an activating group) is 1. The lowest BCUT2D eigenvalue weighted by atomic mass is 10.1. The van der Waals surface area contributed by atoms with Gasteiger partial charge in [-0.3, -0.25) is 4.79 Å². The van der Waals surface area contributed by atoms with Crippen LogP contribution in [-0.2, 0) is 4.79 Å². The van der Waals surface area contributed by atoms with Crippen molar-refractivity contribution in [2.45, 2.75) is 33.7 Å². The number of carbonyl (C=O) groups is 1. The monoisotopic (exact) mass is 261 g/mol. The zero-order valence-corrected chi connectivity index (χ0v) is 12.5. The molecule has 0 unspecified atom stereocenters. The Morgan fingerprint density at radius 3 is 2.25 bits per heavy atom. The van der Waals surface area contributed by atoms with Crippen LogP contribution in [0.1, 0.15) is 27.7 Å². The van der Waals surface area contributed by atoms with E-state index in [9.17, 15) is 4.79 Å². The fraction of sp³-hybridized carbons (Fsp3) is 0.750. The molecule has 0 radical (unpaired) electrons. The van der Waals surface area contributed by atoms with Gasteiger partial charge < -0.3 is 5.32 Å². The highest BCUT2D eigenvalue weighted by atomic mass is 32.2. The van der Waals surface area contributed by atoms with Crippen LogP contribution in [0.4, 0.5) is 0 Å². The van der Waals surface area contributed by atoms with Crippen molar-refractivity contribution in [3.8, 4) is 0 Å². The number of carbonyl (C=O) groups excluding carboxylic acids is 1. The maximum Gasteiger partial charge on any atom is 0.211 e. The average molecular weight is 261 g/mol. The minimum absolute atomic E-state index is 0.151. The fourth-order valence-corrected chi connectivity index (χ4v) is 2.77. The highest BCUT2D eigenvalue weighted by Gasteiger charge is 2.18. The molecule has 0 spiro atoms. The fourth-order valence-electron chi connectivity index (χ4n) is 1.14. The van der Waals surface area contributed by atoms with Crippen molar-refractivity contribution in [2.24, 2.45) is 11.8 Å². The molecular formula is C12H23NOS2. The predicted octanol–water partition coefficient (Wildman–Crippen LogP) is 2.96. The molecule has 16 heavy (non-hydrogen) atoms. The van der Waals surface area contributed by atoms with Crippen LogP contribution >= 0.6 is 24.4 Å². The molecule has 0 saturated heterocycles. The van der Waals surface area contributed by atoms with Crippen LogP contribution in [0.15, 0.2) is 11.0 Å². The molecule has 0 heterocycles. The molecule has 0 aromatic heterocycles. The van der Waals surface area contributed by atoms with Crippen molar-refractivity contribution < 1.29 is 4.79 Å². The molecule has 0 aliphatic heterocycles. The maximum absolute atomic E-state index is 11.9. The SMILES string of the molecule is CN[C@@H](CS)C(=O)S/C(=C/C(C)C)C(C)C. The molecule has 0 aliphatic carbocycles. The molecule has 0 aromatic rings. The number of rotatable bonds is 6. The smallest absolute Gasteiger partial charge is 0.211 e. The van der Waals surface area contributed by atoms with E-state index in [2.05, 4.69) is 51.7 Å². The van der Waals surface area contributed by atoms with Crippen molar-refractivity contribution in [3.05, 3.63) is 11.0 Å². The van der Waals surface area contributed by atoms with Gasteiger partial charge in [-0.15, -0.1) is 0 Å². The summed E-state index contributed by atoms with van der Waals surface area (Å²) >= 11 is 5.51. The van der Waals surface area contributed by atoms with E-state index in [1.807, 2.05) is 0 Å². The van der Waals surface area contributed by atoms with Gasteiger partial charge in [0.15, 0.2) is 0 Å². The summed E-state index contributed by atoms with van der Waals surface area (Å²) in [6.07, 6.45) is 2.17. The van der Waals surface area contributed by atoms with Gasteiger partial charge in [0.2, 0.25) is 5.12 Å². The number of hydrogen-bond donors (Lipinski definition) is 2. The molecular weight excluding hydrogens is 238 g/mol. The van der Waals surface area contributed by atoms with Crippen LogP contribution in [0.5, 0.6) is 0 Å². The predicted molar refractivity (Wildman–Crippen MR) is 77.1 cm³/mol. The molecule has 94 valence electrons. The maximum atomic E-state index is 11.9. The van der Waals surface area contributed by atoms with Crippen molar-refractivity contribution >= 4 is 29.5 Å². The molecule has 0 rings (SSSR count). The van der Waals surface area contributed by atoms with E-state index < -0.39 is 0 Å². The van der Waals surface area contributed by atoms with E-state index in [4.69, 9.17) is 0 Å². The zero-order valence-electron chi connectivity index (χ0n) is 10.8. The molecule has 0 fully saturated rings. The van der Waals surface area contributed by atoms with E-state index in [0.29, 0.717) is 17.6 Å². The van der Waals surface area contributed by atoms with Crippen LogP contribution in [0.2, 0.25) is 0 Å². The summed E-state index contributed by atoms with van der Waals surface area (Å²) in [7, 11) is 1.79. The average Bonchev–Trinajstić information content (AvgIpc) is 2.17. The molecule has 0 aliphatic rings. The molecule has 0 aromatic carbocycles. The molecule has 1 atom stereocenters. The standard InChI is InChI=1S/C12H23NOS2/c1-8(2)6-11(9(3)4)16-12(14)10(7-15)13-5/h6,8-10,13,15H,7H2,1-5H3/b11-6+/t10-/m0/s1. The Bertz CT molecular complexity index is 245. The Balaban J connectivity index is 4.58. The first-order valence-corrected chi connectivity index (χ1v) is 7.08. The van der Waals surface area contributed by atoms with Crippen molar-refractivity contribution in [3.63, 3.8) is 0 Å². The summed E-state index contributed by atoms with van der Waals surface area (Å²) in [4.78, 5) is 13.1.